The van der Waals surface area contributed by atoms with E-state index in [0.29, 0.717) is 0 Å². The zero-order valence-electron chi connectivity index (χ0n) is 4.67. The molecule has 0 aliphatic heterocycles. The van der Waals surface area contributed by atoms with E-state index < -0.39 is 0 Å². The lowest BCUT2D eigenvalue weighted by Crippen LogP contribution is -1.91. The van der Waals surface area contributed by atoms with Crippen LogP contribution in [-0.2, 0) is 0 Å². The fourth-order valence-corrected chi connectivity index (χ4v) is 1.03. The lowest BCUT2D eigenvalue weighted by molar-refractivity contribution is 0.610. The number of hydrogen-bond donors (Lipinski definition) is 0. The number of halogens is 1. The molecule has 0 aromatic heterocycles. The fourth-order valence-electron chi connectivity index (χ4n) is 0.533. The average molecular weight is 157 g/mol. The Morgan fingerprint density at radius 2 is 1.89 bits per heavy atom. The zero-order chi connectivity index (χ0) is 6.53. The third-order valence-electron chi connectivity index (χ3n) is 0.900. The Kier molecular flexibility index (Phi) is 2.61. The molecule has 2 radical (unpaired) electrons. The molecule has 9 heavy (non-hydrogen) atoms. The Balaban J connectivity index is 2.61. The van der Waals surface area contributed by atoms with Crippen LogP contribution in [0.25, 0.3) is 0 Å². The van der Waals surface area contributed by atoms with Gasteiger partial charge in [-0.2, -0.15) is 0 Å². The van der Waals surface area contributed by atoms with Gasteiger partial charge in [-0.15, -0.1) is 11.1 Å². The third kappa shape index (κ3) is 2.07. The molecule has 1 nitrogen and oxygen atoms in total. The highest BCUT2D eigenvalue weighted by Crippen LogP contribution is 2.06. The van der Waals surface area contributed by atoms with Crippen LogP contribution >= 0.6 is 11.1 Å². The molecule has 46 valence electrons. The number of para-hydroxylation sites is 1. The van der Waals surface area contributed by atoms with Crippen molar-refractivity contribution in [3.05, 3.63) is 30.3 Å². The number of benzene rings is 1. The van der Waals surface area contributed by atoms with Crippen molar-refractivity contribution < 1.29 is 4.43 Å². The first-order chi connectivity index (χ1) is 4.43. The maximum absolute atomic E-state index is 5.34. The molecule has 0 saturated heterocycles. The lowest BCUT2D eigenvalue weighted by atomic mass is 10.3. The van der Waals surface area contributed by atoms with E-state index in [0.717, 1.165) is 5.75 Å². The Hall–Kier alpha value is -0.473. The van der Waals surface area contributed by atoms with E-state index in [1.807, 2.05) is 30.3 Å². The number of hydrogen-bond acceptors (Lipinski definition) is 1. The summed E-state index contributed by atoms with van der Waals surface area (Å²) < 4.78 is 5.00. The van der Waals surface area contributed by atoms with Gasteiger partial charge in [-0.25, -0.2) is 0 Å². The summed E-state index contributed by atoms with van der Waals surface area (Å²) in [7, 11) is 0.00744. The molecule has 0 unspecified atom stereocenters. The second kappa shape index (κ2) is 3.53. The predicted octanol–water partition coefficient (Wildman–Crippen LogP) is 1.84. The van der Waals surface area contributed by atoms with Gasteiger partial charge >= 0.3 is 9.07 Å². The number of rotatable bonds is 2. The average Bonchev–Trinajstić information content (AvgIpc) is 1.91. The molecule has 0 aliphatic carbocycles. The molecule has 0 saturated carbocycles. The van der Waals surface area contributed by atoms with Crippen LogP contribution in [0.2, 0.25) is 0 Å². The highest BCUT2D eigenvalue weighted by atomic mass is 35.6. The van der Waals surface area contributed by atoms with Gasteiger partial charge in [0, 0.05) is 0 Å². The molecule has 0 N–H and O–H groups in total. The maximum Gasteiger partial charge on any atom is 0.440 e. The van der Waals surface area contributed by atoms with Crippen molar-refractivity contribution in [2.75, 3.05) is 0 Å². The van der Waals surface area contributed by atoms with Gasteiger partial charge in [0.2, 0.25) is 0 Å². The molecule has 3 heteroatoms. The summed E-state index contributed by atoms with van der Waals surface area (Å²) in [6, 6.07) is 9.49. The molecule has 1 rings (SSSR count). The fraction of sp³-hybridized carbons (Fsp3) is 0. The molecule has 0 fully saturated rings. The lowest BCUT2D eigenvalue weighted by Gasteiger charge is -1.96. The molecule has 0 amide bonds. The summed E-state index contributed by atoms with van der Waals surface area (Å²) >= 11 is 5.34. The van der Waals surface area contributed by atoms with Crippen LogP contribution in [0.3, 0.4) is 0 Å². The van der Waals surface area contributed by atoms with Gasteiger partial charge < -0.3 is 4.43 Å². The van der Waals surface area contributed by atoms with E-state index in [-0.39, 0.29) is 9.07 Å². The van der Waals surface area contributed by atoms with E-state index in [9.17, 15) is 0 Å². The van der Waals surface area contributed by atoms with E-state index in [2.05, 4.69) is 0 Å². The van der Waals surface area contributed by atoms with Crippen molar-refractivity contribution in [3.63, 3.8) is 0 Å². The molecule has 0 spiro atoms. The molecular formula is C6H5ClOSi. The first kappa shape index (κ1) is 6.64. The quantitative estimate of drug-likeness (QED) is 0.469. The van der Waals surface area contributed by atoms with Gasteiger partial charge in [-0.05, 0) is 12.1 Å². The molecule has 0 heterocycles. The summed E-state index contributed by atoms with van der Waals surface area (Å²) in [4.78, 5) is 0. The van der Waals surface area contributed by atoms with Crippen molar-refractivity contribution in [3.8, 4) is 5.75 Å². The van der Waals surface area contributed by atoms with E-state index in [1.165, 1.54) is 0 Å². The normalized spacial score (nSPS) is 9.00. The smallest absolute Gasteiger partial charge is 0.440 e. The van der Waals surface area contributed by atoms with Gasteiger partial charge in [0.25, 0.3) is 0 Å². The molecule has 0 atom stereocenters. The highest BCUT2D eigenvalue weighted by molar-refractivity contribution is 6.90. The van der Waals surface area contributed by atoms with Crippen LogP contribution in [0.4, 0.5) is 0 Å². The van der Waals surface area contributed by atoms with Crippen molar-refractivity contribution in [2.24, 2.45) is 0 Å². The monoisotopic (exact) mass is 156 g/mol. The van der Waals surface area contributed by atoms with Crippen LogP contribution in [0, 0.1) is 0 Å². The van der Waals surface area contributed by atoms with Crippen LogP contribution in [-0.4, -0.2) is 9.07 Å². The highest BCUT2D eigenvalue weighted by Gasteiger charge is 1.87. The minimum atomic E-state index is 0.00744. The molecular weight excluding hydrogens is 152 g/mol. The summed E-state index contributed by atoms with van der Waals surface area (Å²) in [5.74, 6) is 0.825. The first-order valence-electron chi connectivity index (χ1n) is 2.51. The molecule has 0 aliphatic rings. The second-order valence-electron chi connectivity index (χ2n) is 1.49. The van der Waals surface area contributed by atoms with Crippen LogP contribution in [0.5, 0.6) is 5.75 Å². The topological polar surface area (TPSA) is 9.23 Å². The Labute approximate surface area is 61.3 Å². The predicted molar refractivity (Wildman–Crippen MR) is 38.7 cm³/mol. The standard InChI is InChI=1S/C6H5ClOSi/c7-9-8-6-4-2-1-3-5-6/h1-5H. The third-order valence-corrected chi connectivity index (χ3v) is 1.44. The van der Waals surface area contributed by atoms with Crippen molar-refractivity contribution in [2.45, 2.75) is 0 Å². The van der Waals surface area contributed by atoms with Gasteiger partial charge in [0.1, 0.15) is 5.75 Å². The minimum Gasteiger partial charge on any atom is -0.527 e. The van der Waals surface area contributed by atoms with Crippen molar-refractivity contribution in [1.82, 2.24) is 0 Å². The SMILES string of the molecule is Cl[Si]Oc1ccccc1. The Morgan fingerprint density at radius 1 is 1.22 bits per heavy atom. The molecule has 1 aromatic rings. The zero-order valence-corrected chi connectivity index (χ0v) is 6.43. The van der Waals surface area contributed by atoms with Gasteiger partial charge in [-0.3, -0.25) is 0 Å². The largest absolute Gasteiger partial charge is 0.527 e. The summed E-state index contributed by atoms with van der Waals surface area (Å²) in [5.41, 5.74) is 0. The van der Waals surface area contributed by atoms with Crippen molar-refractivity contribution >= 4 is 20.2 Å². The van der Waals surface area contributed by atoms with Crippen molar-refractivity contribution in [1.29, 1.82) is 0 Å². The Morgan fingerprint density at radius 3 is 2.44 bits per heavy atom. The van der Waals surface area contributed by atoms with Gasteiger partial charge in [0.15, 0.2) is 0 Å². The minimum absolute atomic E-state index is 0.00744. The van der Waals surface area contributed by atoms with Crippen LogP contribution in [0.15, 0.2) is 30.3 Å². The maximum atomic E-state index is 5.34. The van der Waals surface area contributed by atoms with Gasteiger partial charge in [-0.1, -0.05) is 18.2 Å². The van der Waals surface area contributed by atoms with E-state index in [1.54, 1.807) is 0 Å². The summed E-state index contributed by atoms with van der Waals surface area (Å²) in [6.45, 7) is 0. The molecule has 0 bridgehead atoms. The van der Waals surface area contributed by atoms with E-state index >= 15 is 0 Å². The van der Waals surface area contributed by atoms with Crippen LogP contribution < -0.4 is 4.43 Å². The van der Waals surface area contributed by atoms with Crippen LogP contribution in [0.1, 0.15) is 0 Å². The summed E-state index contributed by atoms with van der Waals surface area (Å²) in [5, 5.41) is 0. The Bertz CT molecular complexity index is 166. The summed E-state index contributed by atoms with van der Waals surface area (Å²) in [6.07, 6.45) is 0. The first-order valence-corrected chi connectivity index (χ1v) is 4.43. The second-order valence-corrected chi connectivity index (χ2v) is 2.31. The van der Waals surface area contributed by atoms with Gasteiger partial charge in [0.05, 0.1) is 0 Å². The molecule has 1 aromatic carbocycles. The van der Waals surface area contributed by atoms with E-state index in [4.69, 9.17) is 15.5 Å².